The van der Waals surface area contributed by atoms with E-state index in [9.17, 15) is 9.59 Å². The van der Waals surface area contributed by atoms with Gasteiger partial charge in [-0.1, -0.05) is 11.6 Å². The van der Waals surface area contributed by atoms with Gasteiger partial charge in [0.15, 0.2) is 6.29 Å². The quantitative estimate of drug-likeness (QED) is 0.481. The SMILES string of the molecule is CCOC(=O)/C=C/c1c(C=O)c2cc(Cl)ccc2n1CC. The second kappa shape index (κ2) is 6.59. The van der Waals surface area contributed by atoms with E-state index in [1.165, 1.54) is 6.08 Å². The summed E-state index contributed by atoms with van der Waals surface area (Å²) in [5, 5.41) is 1.35. The van der Waals surface area contributed by atoms with Crippen molar-refractivity contribution < 1.29 is 14.3 Å². The summed E-state index contributed by atoms with van der Waals surface area (Å²) >= 11 is 6.00. The second-order valence-electron chi connectivity index (χ2n) is 4.41. The van der Waals surface area contributed by atoms with Crippen LogP contribution < -0.4 is 0 Å². The first-order valence-electron chi connectivity index (χ1n) is 6.74. The van der Waals surface area contributed by atoms with Crippen LogP contribution in [0.15, 0.2) is 24.3 Å². The summed E-state index contributed by atoms with van der Waals surface area (Å²) in [6.45, 7) is 4.71. The van der Waals surface area contributed by atoms with E-state index in [-0.39, 0.29) is 0 Å². The molecule has 0 spiro atoms. The molecule has 1 aromatic heterocycles. The standard InChI is InChI=1S/C16H16ClNO3/c1-3-18-14-6-5-11(17)9-12(14)13(10-19)15(18)7-8-16(20)21-4-2/h5-10H,3-4H2,1-2H3/b8-7+. The minimum absolute atomic E-state index is 0.316. The average molecular weight is 306 g/mol. The first-order valence-corrected chi connectivity index (χ1v) is 7.11. The van der Waals surface area contributed by atoms with Crippen molar-refractivity contribution in [3.05, 3.63) is 40.6 Å². The number of ether oxygens (including phenoxy) is 1. The third-order valence-corrected chi connectivity index (χ3v) is 3.44. The highest BCUT2D eigenvalue weighted by molar-refractivity contribution is 6.31. The molecule has 0 radical (unpaired) electrons. The molecule has 0 atom stereocenters. The molecule has 1 heterocycles. The highest BCUT2D eigenvalue weighted by Gasteiger charge is 2.14. The molecule has 5 heteroatoms. The zero-order valence-corrected chi connectivity index (χ0v) is 12.7. The number of esters is 1. The van der Waals surface area contributed by atoms with E-state index in [1.54, 1.807) is 25.1 Å². The fraction of sp³-hybridized carbons (Fsp3) is 0.250. The average Bonchev–Trinajstić information content (AvgIpc) is 2.77. The van der Waals surface area contributed by atoms with E-state index in [1.807, 2.05) is 17.6 Å². The van der Waals surface area contributed by atoms with Crippen molar-refractivity contribution in [3.63, 3.8) is 0 Å². The molecule has 0 amide bonds. The van der Waals surface area contributed by atoms with E-state index in [4.69, 9.17) is 16.3 Å². The van der Waals surface area contributed by atoms with E-state index in [0.29, 0.717) is 29.4 Å². The summed E-state index contributed by atoms with van der Waals surface area (Å²) in [6.07, 6.45) is 3.73. The van der Waals surface area contributed by atoms with Crippen molar-refractivity contribution in [2.45, 2.75) is 20.4 Å². The lowest BCUT2D eigenvalue weighted by Gasteiger charge is -2.04. The Labute approximate surface area is 128 Å². The van der Waals surface area contributed by atoms with Crippen LogP contribution in [-0.4, -0.2) is 23.4 Å². The first kappa shape index (κ1) is 15.3. The summed E-state index contributed by atoms with van der Waals surface area (Å²) in [6, 6.07) is 5.41. The number of aldehydes is 1. The van der Waals surface area contributed by atoms with Gasteiger partial charge in [-0.2, -0.15) is 0 Å². The summed E-state index contributed by atoms with van der Waals surface area (Å²) in [7, 11) is 0. The van der Waals surface area contributed by atoms with Crippen molar-refractivity contribution in [1.82, 2.24) is 4.57 Å². The number of hydrogen-bond donors (Lipinski definition) is 0. The molecular formula is C16H16ClNO3. The third-order valence-electron chi connectivity index (χ3n) is 3.20. The van der Waals surface area contributed by atoms with Gasteiger partial charge >= 0.3 is 5.97 Å². The van der Waals surface area contributed by atoms with Crippen LogP contribution in [0, 0.1) is 0 Å². The number of carbonyl (C=O) groups excluding carboxylic acids is 2. The minimum Gasteiger partial charge on any atom is -0.463 e. The molecule has 4 nitrogen and oxygen atoms in total. The minimum atomic E-state index is -0.430. The predicted molar refractivity (Wildman–Crippen MR) is 83.7 cm³/mol. The molecule has 0 aliphatic rings. The molecule has 0 aliphatic carbocycles. The fourth-order valence-electron chi connectivity index (χ4n) is 2.35. The van der Waals surface area contributed by atoms with Crippen molar-refractivity contribution in [2.75, 3.05) is 6.61 Å². The third kappa shape index (κ3) is 3.00. The predicted octanol–water partition coefficient (Wildman–Crippen LogP) is 3.70. The van der Waals surface area contributed by atoms with E-state index in [0.717, 1.165) is 17.2 Å². The lowest BCUT2D eigenvalue weighted by molar-refractivity contribution is -0.137. The summed E-state index contributed by atoms with van der Waals surface area (Å²) < 4.78 is 6.82. The number of hydrogen-bond acceptors (Lipinski definition) is 3. The Balaban J connectivity index is 2.61. The number of aryl methyl sites for hydroxylation is 1. The Bertz CT molecular complexity index is 716. The van der Waals surface area contributed by atoms with Crippen LogP contribution >= 0.6 is 11.6 Å². The summed E-state index contributed by atoms with van der Waals surface area (Å²) in [5.74, 6) is -0.430. The molecule has 0 fully saturated rings. The Morgan fingerprint density at radius 3 is 2.76 bits per heavy atom. The highest BCUT2D eigenvalue weighted by Crippen LogP contribution is 2.28. The molecule has 0 saturated heterocycles. The number of rotatable bonds is 5. The lowest BCUT2D eigenvalue weighted by atomic mass is 10.1. The molecule has 110 valence electrons. The normalized spacial score (nSPS) is 11.2. The maximum Gasteiger partial charge on any atom is 0.330 e. The fourth-order valence-corrected chi connectivity index (χ4v) is 2.53. The zero-order chi connectivity index (χ0) is 15.4. The van der Waals surface area contributed by atoms with Gasteiger partial charge in [-0.3, -0.25) is 4.79 Å². The van der Waals surface area contributed by atoms with Gasteiger partial charge < -0.3 is 9.30 Å². The molecule has 2 rings (SSSR count). The maximum absolute atomic E-state index is 11.5. The molecular weight excluding hydrogens is 290 g/mol. The zero-order valence-electron chi connectivity index (χ0n) is 11.9. The Morgan fingerprint density at radius 1 is 1.38 bits per heavy atom. The Hall–Kier alpha value is -2.07. The first-order chi connectivity index (χ1) is 10.1. The van der Waals surface area contributed by atoms with Crippen LogP contribution in [0.1, 0.15) is 29.9 Å². The highest BCUT2D eigenvalue weighted by atomic mass is 35.5. The van der Waals surface area contributed by atoms with E-state index < -0.39 is 5.97 Å². The van der Waals surface area contributed by atoms with E-state index >= 15 is 0 Å². The lowest BCUT2D eigenvalue weighted by Crippen LogP contribution is -2.01. The van der Waals surface area contributed by atoms with Gasteiger partial charge in [-0.25, -0.2) is 4.79 Å². The van der Waals surface area contributed by atoms with Gasteiger partial charge in [-0.15, -0.1) is 0 Å². The molecule has 1 aromatic carbocycles. The number of nitrogens with zero attached hydrogens (tertiary/aromatic N) is 1. The van der Waals surface area contributed by atoms with Gasteiger partial charge in [0.1, 0.15) is 0 Å². The number of aromatic nitrogens is 1. The van der Waals surface area contributed by atoms with Crippen molar-refractivity contribution in [3.8, 4) is 0 Å². The van der Waals surface area contributed by atoms with Crippen LogP contribution in [-0.2, 0) is 16.1 Å². The summed E-state index contributed by atoms with van der Waals surface area (Å²) in [4.78, 5) is 22.9. The van der Waals surface area contributed by atoms with Gasteiger partial charge in [0.05, 0.1) is 12.3 Å². The van der Waals surface area contributed by atoms with Crippen LogP contribution in [0.25, 0.3) is 17.0 Å². The Kier molecular flexibility index (Phi) is 4.81. The maximum atomic E-state index is 11.5. The number of halogens is 1. The van der Waals surface area contributed by atoms with Gasteiger partial charge in [0.25, 0.3) is 0 Å². The van der Waals surface area contributed by atoms with Crippen LogP contribution in [0.5, 0.6) is 0 Å². The summed E-state index contributed by atoms with van der Waals surface area (Å²) in [5.41, 5.74) is 2.11. The van der Waals surface area contributed by atoms with Crippen molar-refractivity contribution >= 4 is 40.8 Å². The molecule has 0 bridgehead atoms. The van der Waals surface area contributed by atoms with Crippen LogP contribution in [0.2, 0.25) is 5.02 Å². The largest absolute Gasteiger partial charge is 0.463 e. The number of benzene rings is 1. The number of fused-ring (bicyclic) bond motifs is 1. The van der Waals surface area contributed by atoms with Gasteiger partial charge in [-0.05, 0) is 38.1 Å². The van der Waals surface area contributed by atoms with Gasteiger partial charge in [0.2, 0.25) is 0 Å². The topological polar surface area (TPSA) is 48.3 Å². The van der Waals surface area contributed by atoms with E-state index in [2.05, 4.69) is 0 Å². The molecule has 0 aliphatic heterocycles. The van der Waals surface area contributed by atoms with Crippen LogP contribution in [0.4, 0.5) is 0 Å². The molecule has 21 heavy (non-hydrogen) atoms. The molecule has 0 saturated carbocycles. The molecule has 0 unspecified atom stereocenters. The number of carbonyl (C=O) groups is 2. The van der Waals surface area contributed by atoms with Crippen LogP contribution in [0.3, 0.4) is 0 Å². The Morgan fingerprint density at radius 2 is 2.14 bits per heavy atom. The second-order valence-corrected chi connectivity index (χ2v) is 4.84. The smallest absolute Gasteiger partial charge is 0.330 e. The van der Waals surface area contributed by atoms with Crippen molar-refractivity contribution in [1.29, 1.82) is 0 Å². The van der Waals surface area contributed by atoms with Gasteiger partial charge in [0, 0.05) is 34.1 Å². The molecule has 2 aromatic rings. The monoisotopic (exact) mass is 305 g/mol. The van der Waals surface area contributed by atoms with Crippen molar-refractivity contribution in [2.24, 2.45) is 0 Å². The molecule has 0 N–H and O–H groups in total.